The van der Waals surface area contributed by atoms with Crippen LogP contribution in [0.1, 0.15) is 201 Å². The number of carbonyl (C=O) groups excluding carboxylic acids is 3. The van der Waals surface area contributed by atoms with Crippen molar-refractivity contribution in [1.29, 1.82) is 0 Å². The number of allylic oxidation sites excluding steroid dienone is 28. The molecule has 6 nitrogen and oxygen atoms in total. The second kappa shape index (κ2) is 57.3. The van der Waals surface area contributed by atoms with Gasteiger partial charge in [-0.25, -0.2) is 0 Å². The van der Waals surface area contributed by atoms with Crippen LogP contribution < -0.4 is 0 Å². The molecule has 1 unspecified atom stereocenters. The Bertz CT molecular complexity index is 1690. The fourth-order valence-electron chi connectivity index (χ4n) is 7.00. The Hall–Kier alpha value is -5.23. The SMILES string of the molecule is CC\C=C/C=C\C=C/C=C\C=C\C=C/C=C\CCCCCC(=O)OCC(COC(=O)CCCCCCCCCCCCCCCCC)OC(=O)CCCCC\C=C/C=C\C=C\C=C/C=C\C=C/C=C\CC. The van der Waals surface area contributed by atoms with Crippen LogP contribution in [0.2, 0.25) is 0 Å². The van der Waals surface area contributed by atoms with Gasteiger partial charge in [-0.2, -0.15) is 0 Å². The molecule has 6 heteroatoms. The first-order valence-electron chi connectivity index (χ1n) is 27.8. The standard InChI is InChI=1S/C65H98O6/c1-4-7-10-13-16-19-22-25-28-30-32-34-37-40-43-46-49-52-55-58-64(67)70-61-62(60-69-63(66)57-54-51-48-45-42-39-36-27-24-21-18-15-12-9-6-3)71-65(68)59-56-53-50-47-44-41-38-35-33-31-29-26-23-20-17-14-11-8-5-2/h7-8,10-11,13-14,16-17,19-20,22-23,25-26,28-35,37-38,40-41,43-44,62H,4-6,9,12,15,18,21,24,27,36,39,42,45-61H2,1-3H3/b10-7-,11-8-,16-13-,17-14-,22-19-,23-20-,28-25-,29-26-,32-30+,33-31+,37-34-,38-35-,43-40-,44-41-. The maximum absolute atomic E-state index is 12.8. The summed E-state index contributed by atoms with van der Waals surface area (Å²) in [5.41, 5.74) is 0. The van der Waals surface area contributed by atoms with E-state index in [1.54, 1.807) is 0 Å². The van der Waals surface area contributed by atoms with Crippen molar-refractivity contribution in [2.24, 2.45) is 0 Å². The van der Waals surface area contributed by atoms with Crippen molar-refractivity contribution in [2.75, 3.05) is 13.2 Å². The number of rotatable bonds is 47. The number of unbranched alkanes of at least 4 members (excludes halogenated alkanes) is 20. The molecule has 0 radical (unpaired) electrons. The van der Waals surface area contributed by atoms with Crippen molar-refractivity contribution in [1.82, 2.24) is 0 Å². The molecule has 0 N–H and O–H groups in total. The van der Waals surface area contributed by atoms with Crippen molar-refractivity contribution >= 4 is 17.9 Å². The van der Waals surface area contributed by atoms with Crippen LogP contribution in [0.5, 0.6) is 0 Å². The highest BCUT2D eigenvalue weighted by atomic mass is 16.6. The average molecular weight is 975 g/mol. The van der Waals surface area contributed by atoms with Crippen LogP contribution in [0, 0.1) is 0 Å². The first-order chi connectivity index (χ1) is 35.0. The number of carbonyl (C=O) groups is 3. The lowest BCUT2D eigenvalue weighted by atomic mass is 10.0. The predicted molar refractivity (Wildman–Crippen MR) is 306 cm³/mol. The highest BCUT2D eigenvalue weighted by Gasteiger charge is 2.19. The van der Waals surface area contributed by atoms with Crippen LogP contribution in [-0.4, -0.2) is 37.2 Å². The molecule has 0 heterocycles. The molecule has 0 aromatic carbocycles. The van der Waals surface area contributed by atoms with E-state index in [1.807, 2.05) is 146 Å². The van der Waals surface area contributed by atoms with Crippen LogP contribution in [0.25, 0.3) is 0 Å². The van der Waals surface area contributed by atoms with Crippen LogP contribution >= 0.6 is 0 Å². The maximum atomic E-state index is 12.8. The zero-order chi connectivity index (χ0) is 51.4. The first kappa shape index (κ1) is 65.8. The molecule has 0 amide bonds. The summed E-state index contributed by atoms with van der Waals surface area (Å²) in [4.78, 5) is 38.1. The first-order valence-corrected chi connectivity index (χ1v) is 27.8. The van der Waals surface area contributed by atoms with Crippen molar-refractivity contribution in [3.63, 3.8) is 0 Å². The Kier molecular flexibility index (Phi) is 53.1. The van der Waals surface area contributed by atoms with Crippen molar-refractivity contribution in [2.45, 2.75) is 207 Å². The Balaban J connectivity index is 4.64. The monoisotopic (exact) mass is 975 g/mol. The van der Waals surface area contributed by atoms with Gasteiger partial charge in [0.15, 0.2) is 6.10 Å². The maximum Gasteiger partial charge on any atom is 0.306 e. The largest absolute Gasteiger partial charge is 0.462 e. The van der Waals surface area contributed by atoms with E-state index in [9.17, 15) is 14.4 Å². The van der Waals surface area contributed by atoms with Gasteiger partial charge in [0.25, 0.3) is 0 Å². The average Bonchev–Trinajstić information content (AvgIpc) is 3.37. The highest BCUT2D eigenvalue weighted by molar-refractivity contribution is 5.71. The van der Waals surface area contributed by atoms with E-state index in [0.717, 1.165) is 70.6 Å². The summed E-state index contributed by atoms with van der Waals surface area (Å²) in [6, 6.07) is 0. The van der Waals surface area contributed by atoms with E-state index >= 15 is 0 Å². The van der Waals surface area contributed by atoms with E-state index in [4.69, 9.17) is 14.2 Å². The van der Waals surface area contributed by atoms with Crippen LogP contribution in [-0.2, 0) is 28.6 Å². The molecule has 0 aromatic rings. The lowest BCUT2D eigenvalue weighted by Crippen LogP contribution is -2.30. The molecule has 394 valence electrons. The Morgan fingerprint density at radius 3 is 0.859 bits per heavy atom. The molecule has 0 aliphatic carbocycles. The van der Waals surface area contributed by atoms with Gasteiger partial charge in [0.1, 0.15) is 13.2 Å². The molecule has 0 aromatic heterocycles. The van der Waals surface area contributed by atoms with Crippen LogP contribution in [0.15, 0.2) is 170 Å². The summed E-state index contributed by atoms with van der Waals surface area (Å²) in [6.07, 6.45) is 84.7. The third-order valence-corrected chi connectivity index (χ3v) is 11.1. The summed E-state index contributed by atoms with van der Waals surface area (Å²) in [5.74, 6) is -1.02. The van der Waals surface area contributed by atoms with Gasteiger partial charge >= 0.3 is 17.9 Å². The van der Waals surface area contributed by atoms with Crippen molar-refractivity contribution < 1.29 is 28.6 Å². The molecule has 0 bridgehead atoms. The van der Waals surface area contributed by atoms with Gasteiger partial charge < -0.3 is 14.2 Å². The third-order valence-electron chi connectivity index (χ3n) is 11.1. The van der Waals surface area contributed by atoms with Gasteiger partial charge in [-0.15, -0.1) is 0 Å². The van der Waals surface area contributed by atoms with Gasteiger partial charge in [0.2, 0.25) is 0 Å². The lowest BCUT2D eigenvalue weighted by Gasteiger charge is -2.18. The molecular formula is C65H98O6. The topological polar surface area (TPSA) is 78.9 Å². The molecule has 0 saturated heterocycles. The number of hydrogen-bond donors (Lipinski definition) is 0. The lowest BCUT2D eigenvalue weighted by molar-refractivity contribution is -0.167. The zero-order valence-corrected chi connectivity index (χ0v) is 44.9. The third kappa shape index (κ3) is 55.6. The van der Waals surface area contributed by atoms with Crippen LogP contribution in [0.4, 0.5) is 0 Å². The quantitative estimate of drug-likeness (QED) is 0.0262. The Labute approximate surface area is 434 Å². The number of ether oxygens (including phenoxy) is 3. The number of hydrogen-bond acceptors (Lipinski definition) is 6. The molecule has 71 heavy (non-hydrogen) atoms. The Morgan fingerprint density at radius 2 is 0.549 bits per heavy atom. The van der Waals surface area contributed by atoms with Crippen molar-refractivity contribution in [3.05, 3.63) is 170 Å². The molecule has 0 spiro atoms. The zero-order valence-electron chi connectivity index (χ0n) is 44.9. The van der Waals surface area contributed by atoms with E-state index in [0.29, 0.717) is 19.3 Å². The second-order valence-corrected chi connectivity index (χ2v) is 17.8. The minimum atomic E-state index is -0.830. The summed E-state index contributed by atoms with van der Waals surface area (Å²) >= 11 is 0. The molecule has 1 atom stereocenters. The summed E-state index contributed by atoms with van der Waals surface area (Å²) < 4.78 is 16.8. The second-order valence-electron chi connectivity index (χ2n) is 17.8. The van der Waals surface area contributed by atoms with Gasteiger partial charge in [0, 0.05) is 19.3 Å². The Morgan fingerprint density at radius 1 is 0.296 bits per heavy atom. The minimum Gasteiger partial charge on any atom is -0.462 e. The molecule has 0 rings (SSSR count). The van der Waals surface area contributed by atoms with E-state index < -0.39 is 6.10 Å². The minimum absolute atomic E-state index is 0.119. The molecule has 0 aliphatic heterocycles. The fourth-order valence-corrected chi connectivity index (χ4v) is 7.00. The summed E-state index contributed by atoms with van der Waals surface area (Å²) in [6.45, 7) is 6.25. The fraction of sp³-hybridized carbons (Fsp3) is 0.523. The summed E-state index contributed by atoms with van der Waals surface area (Å²) in [5, 5.41) is 0. The van der Waals surface area contributed by atoms with Gasteiger partial charge in [-0.1, -0.05) is 294 Å². The van der Waals surface area contributed by atoms with E-state index in [1.165, 1.54) is 77.0 Å². The smallest absolute Gasteiger partial charge is 0.306 e. The molecule has 0 saturated carbocycles. The highest BCUT2D eigenvalue weighted by Crippen LogP contribution is 2.15. The van der Waals surface area contributed by atoms with Gasteiger partial charge in [-0.3, -0.25) is 14.4 Å². The van der Waals surface area contributed by atoms with Gasteiger partial charge in [-0.05, 0) is 57.8 Å². The normalized spacial score (nSPS) is 13.5. The summed E-state index contributed by atoms with van der Waals surface area (Å²) in [7, 11) is 0. The molecule has 0 fully saturated rings. The number of esters is 3. The van der Waals surface area contributed by atoms with Gasteiger partial charge in [0.05, 0.1) is 0 Å². The van der Waals surface area contributed by atoms with Crippen molar-refractivity contribution in [3.8, 4) is 0 Å². The van der Waals surface area contributed by atoms with E-state index in [-0.39, 0.29) is 44.0 Å². The predicted octanol–water partition coefficient (Wildman–Crippen LogP) is 18.8. The molecule has 0 aliphatic rings. The molecular weight excluding hydrogens is 877 g/mol. The van der Waals surface area contributed by atoms with E-state index in [2.05, 4.69) is 45.1 Å². The van der Waals surface area contributed by atoms with Crippen LogP contribution in [0.3, 0.4) is 0 Å².